The van der Waals surface area contributed by atoms with Crippen molar-refractivity contribution in [1.29, 1.82) is 5.41 Å². The molecule has 66 valence electrons. The molecule has 4 nitrogen and oxygen atoms in total. The van der Waals surface area contributed by atoms with Gasteiger partial charge in [-0.15, -0.1) is 0 Å². The second-order valence-corrected chi connectivity index (χ2v) is 2.35. The van der Waals surface area contributed by atoms with Gasteiger partial charge >= 0.3 is 0 Å². The van der Waals surface area contributed by atoms with E-state index in [4.69, 9.17) is 11.1 Å². The Kier molecular flexibility index (Phi) is 2.92. The first-order chi connectivity index (χ1) is 6.31. The first-order valence-electron chi connectivity index (χ1n) is 3.65. The van der Waals surface area contributed by atoms with Crippen LogP contribution in [0.1, 0.15) is 16.1 Å². The van der Waals surface area contributed by atoms with Crippen LogP contribution in [0.5, 0.6) is 0 Å². The number of nitrogens with zero attached hydrogens (tertiary/aromatic N) is 1. The quantitative estimate of drug-likeness (QED) is 0.527. The molecule has 1 heterocycles. The molecule has 13 heavy (non-hydrogen) atoms. The van der Waals surface area contributed by atoms with Gasteiger partial charge in [-0.05, 0) is 17.7 Å². The average Bonchev–Trinajstić information content (AvgIpc) is 2.20. The van der Waals surface area contributed by atoms with Crippen LogP contribution in [-0.2, 0) is 0 Å². The van der Waals surface area contributed by atoms with Gasteiger partial charge in [0.1, 0.15) is 5.69 Å². The molecule has 0 aliphatic carbocycles. The van der Waals surface area contributed by atoms with E-state index in [2.05, 4.69) is 4.98 Å². The minimum atomic E-state index is 0.332. The fourth-order valence-electron chi connectivity index (χ4n) is 0.920. The Labute approximate surface area is 75.6 Å². The van der Waals surface area contributed by atoms with Crippen LogP contribution in [0, 0.1) is 5.41 Å². The van der Waals surface area contributed by atoms with Gasteiger partial charge in [-0.2, -0.15) is 0 Å². The maximum Gasteiger partial charge on any atom is 0.168 e. The van der Waals surface area contributed by atoms with Crippen LogP contribution in [-0.4, -0.2) is 17.5 Å². The molecule has 3 N–H and O–H groups in total. The highest BCUT2D eigenvalue weighted by Crippen LogP contribution is 2.10. The number of hydrogen-bond donors (Lipinski definition) is 2. The van der Waals surface area contributed by atoms with Crippen LogP contribution in [0.3, 0.4) is 0 Å². The topological polar surface area (TPSA) is 79.8 Å². The molecule has 0 saturated carbocycles. The Morgan fingerprint density at radius 1 is 1.62 bits per heavy atom. The van der Waals surface area contributed by atoms with Crippen molar-refractivity contribution in [1.82, 2.24) is 4.98 Å². The molecule has 0 spiro atoms. The van der Waals surface area contributed by atoms with E-state index in [0.29, 0.717) is 17.6 Å². The molecule has 1 rings (SSSR count). The second kappa shape index (κ2) is 4.15. The van der Waals surface area contributed by atoms with Crippen molar-refractivity contribution in [3.8, 4) is 0 Å². The van der Waals surface area contributed by atoms with Crippen LogP contribution < -0.4 is 5.73 Å². The molecule has 0 amide bonds. The maximum atomic E-state index is 10.4. The van der Waals surface area contributed by atoms with Crippen LogP contribution in [0.2, 0.25) is 0 Å². The van der Waals surface area contributed by atoms with Crippen molar-refractivity contribution in [2.24, 2.45) is 5.73 Å². The standard InChI is InChI=1S/C9H9N3O/c10-4-8(5-11)7-1-2-12-9(3-7)6-13/h1-6,10H,11H2/b8-5+,10-4?. The number of carbonyl (C=O) groups is 1. The molecule has 0 aromatic carbocycles. The van der Waals surface area contributed by atoms with Gasteiger partial charge in [0, 0.05) is 24.2 Å². The largest absolute Gasteiger partial charge is 0.404 e. The molecule has 0 radical (unpaired) electrons. The van der Waals surface area contributed by atoms with Gasteiger partial charge in [-0.1, -0.05) is 0 Å². The van der Waals surface area contributed by atoms with Crippen molar-refractivity contribution in [3.05, 3.63) is 35.8 Å². The number of hydrogen-bond acceptors (Lipinski definition) is 4. The molecular weight excluding hydrogens is 166 g/mol. The van der Waals surface area contributed by atoms with Crippen molar-refractivity contribution in [2.45, 2.75) is 0 Å². The van der Waals surface area contributed by atoms with E-state index >= 15 is 0 Å². The Bertz CT molecular complexity index is 358. The third-order valence-corrected chi connectivity index (χ3v) is 1.57. The van der Waals surface area contributed by atoms with E-state index in [1.807, 2.05) is 0 Å². The summed E-state index contributed by atoms with van der Waals surface area (Å²) in [4.78, 5) is 14.2. The van der Waals surface area contributed by atoms with Crippen LogP contribution in [0.25, 0.3) is 5.57 Å². The van der Waals surface area contributed by atoms with Crippen molar-refractivity contribution < 1.29 is 4.79 Å². The SMILES string of the molecule is N=C/C(=C\N)c1ccnc(C=O)c1. The molecule has 0 aliphatic heterocycles. The zero-order valence-corrected chi connectivity index (χ0v) is 6.90. The van der Waals surface area contributed by atoms with E-state index in [1.165, 1.54) is 12.4 Å². The summed E-state index contributed by atoms with van der Waals surface area (Å²) in [6, 6.07) is 3.27. The monoisotopic (exact) mass is 175 g/mol. The lowest BCUT2D eigenvalue weighted by Gasteiger charge is -1.99. The molecule has 0 fully saturated rings. The number of allylic oxidation sites excluding steroid dienone is 1. The summed E-state index contributed by atoms with van der Waals surface area (Å²) < 4.78 is 0. The molecule has 0 aliphatic rings. The Balaban J connectivity index is 3.14. The highest BCUT2D eigenvalue weighted by molar-refractivity contribution is 6.08. The first-order valence-corrected chi connectivity index (χ1v) is 3.65. The number of rotatable bonds is 3. The van der Waals surface area contributed by atoms with Gasteiger partial charge in [0.15, 0.2) is 6.29 Å². The van der Waals surface area contributed by atoms with Gasteiger partial charge in [-0.25, -0.2) is 0 Å². The lowest BCUT2D eigenvalue weighted by Crippen LogP contribution is -1.93. The highest BCUT2D eigenvalue weighted by Gasteiger charge is 1.99. The van der Waals surface area contributed by atoms with Crippen molar-refractivity contribution >= 4 is 18.1 Å². The van der Waals surface area contributed by atoms with Crippen LogP contribution >= 0.6 is 0 Å². The number of aromatic nitrogens is 1. The minimum absolute atomic E-state index is 0.332. The predicted octanol–water partition coefficient (Wildman–Crippen LogP) is 0.843. The zero-order valence-electron chi connectivity index (χ0n) is 6.90. The molecule has 0 atom stereocenters. The zero-order chi connectivity index (χ0) is 9.68. The minimum Gasteiger partial charge on any atom is -0.404 e. The van der Waals surface area contributed by atoms with Gasteiger partial charge in [-0.3, -0.25) is 9.78 Å². The van der Waals surface area contributed by atoms with Gasteiger partial charge in [0.2, 0.25) is 0 Å². The van der Waals surface area contributed by atoms with Gasteiger partial charge in [0.05, 0.1) is 0 Å². The molecule has 1 aromatic heterocycles. The van der Waals surface area contributed by atoms with Crippen molar-refractivity contribution in [3.63, 3.8) is 0 Å². The summed E-state index contributed by atoms with van der Waals surface area (Å²) in [6.07, 6.45) is 4.61. The number of carbonyl (C=O) groups excluding carboxylic acids is 1. The van der Waals surface area contributed by atoms with Crippen molar-refractivity contribution in [2.75, 3.05) is 0 Å². The number of aldehydes is 1. The van der Waals surface area contributed by atoms with E-state index in [0.717, 1.165) is 11.8 Å². The molecule has 1 aromatic rings. The summed E-state index contributed by atoms with van der Waals surface area (Å²) >= 11 is 0. The number of pyridine rings is 1. The van der Waals surface area contributed by atoms with Crippen LogP contribution in [0.15, 0.2) is 24.5 Å². The summed E-state index contributed by atoms with van der Waals surface area (Å²) in [5.74, 6) is 0. The number of nitrogens with one attached hydrogen (secondary N) is 1. The summed E-state index contributed by atoms with van der Waals surface area (Å²) in [5.41, 5.74) is 6.89. The summed E-state index contributed by atoms with van der Waals surface area (Å²) in [5, 5.41) is 7.04. The smallest absolute Gasteiger partial charge is 0.168 e. The predicted molar refractivity (Wildman–Crippen MR) is 50.6 cm³/mol. The van der Waals surface area contributed by atoms with Crippen LogP contribution in [0.4, 0.5) is 0 Å². The fraction of sp³-hybridized carbons (Fsp3) is 0. The van der Waals surface area contributed by atoms with E-state index in [1.54, 1.807) is 12.1 Å². The Hall–Kier alpha value is -1.97. The molecule has 0 unspecified atom stereocenters. The third-order valence-electron chi connectivity index (χ3n) is 1.57. The molecule has 4 heteroatoms. The van der Waals surface area contributed by atoms with Gasteiger partial charge in [0.25, 0.3) is 0 Å². The van der Waals surface area contributed by atoms with E-state index < -0.39 is 0 Å². The second-order valence-electron chi connectivity index (χ2n) is 2.35. The molecular formula is C9H9N3O. The summed E-state index contributed by atoms with van der Waals surface area (Å²) in [6.45, 7) is 0. The van der Waals surface area contributed by atoms with E-state index in [-0.39, 0.29) is 0 Å². The lowest BCUT2D eigenvalue weighted by atomic mass is 10.1. The molecule has 0 bridgehead atoms. The highest BCUT2D eigenvalue weighted by atomic mass is 16.1. The Morgan fingerprint density at radius 3 is 2.92 bits per heavy atom. The average molecular weight is 175 g/mol. The molecule has 0 saturated heterocycles. The lowest BCUT2D eigenvalue weighted by molar-refractivity contribution is 0.111. The Morgan fingerprint density at radius 2 is 2.38 bits per heavy atom. The fourth-order valence-corrected chi connectivity index (χ4v) is 0.920. The van der Waals surface area contributed by atoms with E-state index in [9.17, 15) is 4.79 Å². The maximum absolute atomic E-state index is 10.4. The number of nitrogens with two attached hydrogens (primary N) is 1. The third kappa shape index (κ3) is 1.99. The summed E-state index contributed by atoms with van der Waals surface area (Å²) in [7, 11) is 0. The normalized spacial score (nSPS) is 10.9. The first kappa shape index (κ1) is 9.12. The van der Waals surface area contributed by atoms with Gasteiger partial charge < -0.3 is 11.1 Å².